The summed E-state index contributed by atoms with van der Waals surface area (Å²) in [6, 6.07) is 13.7. The molecule has 11 heteroatoms. The van der Waals surface area contributed by atoms with Crippen LogP contribution in [0.25, 0.3) is 0 Å². The Hall–Kier alpha value is -3.37. The lowest BCUT2D eigenvalue weighted by molar-refractivity contribution is -0.122. The Morgan fingerprint density at radius 1 is 1.11 bits per heavy atom. The second kappa shape index (κ2) is 11.2. The van der Waals surface area contributed by atoms with Crippen LogP contribution in [0.1, 0.15) is 44.2 Å². The van der Waals surface area contributed by atoms with Crippen LogP contribution in [0.5, 0.6) is 11.5 Å². The van der Waals surface area contributed by atoms with Crippen molar-refractivity contribution >= 4 is 46.4 Å². The van der Waals surface area contributed by atoms with E-state index in [2.05, 4.69) is 26.1 Å². The van der Waals surface area contributed by atoms with Crippen molar-refractivity contribution in [3.63, 3.8) is 0 Å². The molecule has 3 heterocycles. The van der Waals surface area contributed by atoms with Crippen LogP contribution in [0.15, 0.2) is 54.6 Å². The number of methoxy groups -OCH3 is 1. The van der Waals surface area contributed by atoms with E-state index in [-0.39, 0.29) is 47.7 Å². The maximum atomic E-state index is 16.1. The number of rotatable bonds is 7. The van der Waals surface area contributed by atoms with Gasteiger partial charge in [-0.3, -0.25) is 19.4 Å². The first-order chi connectivity index (χ1) is 20.9. The first-order valence-corrected chi connectivity index (χ1v) is 15.2. The number of hydrogen-bond donors (Lipinski definition) is 2. The van der Waals surface area contributed by atoms with Crippen LogP contribution in [0, 0.1) is 11.2 Å². The van der Waals surface area contributed by atoms with E-state index in [1.807, 2.05) is 11.0 Å². The van der Waals surface area contributed by atoms with Crippen molar-refractivity contribution in [1.29, 1.82) is 0 Å². The molecule has 4 atom stereocenters. The van der Waals surface area contributed by atoms with E-state index in [9.17, 15) is 9.59 Å². The third-order valence-electron chi connectivity index (χ3n) is 8.89. The largest absolute Gasteiger partial charge is 0.494 e. The number of halogens is 3. The number of benzene rings is 3. The maximum absolute atomic E-state index is 16.1. The molecular formula is C33H34Cl2FN3O5. The summed E-state index contributed by atoms with van der Waals surface area (Å²) in [6.07, 6.45) is 0.532. The average molecular weight is 643 g/mol. The fraction of sp³-hybridized carbons (Fsp3) is 0.394. The van der Waals surface area contributed by atoms with Crippen LogP contribution in [0.4, 0.5) is 15.8 Å². The van der Waals surface area contributed by atoms with Crippen molar-refractivity contribution in [2.75, 3.05) is 37.2 Å². The predicted octanol–water partition coefficient (Wildman–Crippen LogP) is 5.98. The van der Waals surface area contributed by atoms with Crippen molar-refractivity contribution in [3.05, 3.63) is 81.6 Å². The minimum absolute atomic E-state index is 0.0827. The molecule has 0 aliphatic carbocycles. The van der Waals surface area contributed by atoms with Gasteiger partial charge >= 0.3 is 0 Å². The fourth-order valence-corrected chi connectivity index (χ4v) is 7.65. The Balaban J connectivity index is 1.56. The van der Waals surface area contributed by atoms with Gasteiger partial charge in [0.1, 0.15) is 29.3 Å². The highest BCUT2D eigenvalue weighted by Crippen LogP contribution is 2.62. The normalized spacial score (nSPS) is 24.5. The zero-order valence-electron chi connectivity index (χ0n) is 24.9. The van der Waals surface area contributed by atoms with Gasteiger partial charge in [0, 0.05) is 28.7 Å². The first kappa shape index (κ1) is 30.6. The molecule has 0 aromatic heterocycles. The molecule has 0 saturated carbocycles. The second-order valence-corrected chi connectivity index (χ2v) is 13.5. The van der Waals surface area contributed by atoms with Crippen molar-refractivity contribution in [2.45, 2.75) is 50.6 Å². The number of aliphatic hydroxyl groups is 1. The van der Waals surface area contributed by atoms with Gasteiger partial charge in [-0.1, -0.05) is 62.2 Å². The molecule has 44 heavy (non-hydrogen) atoms. The Kier molecular flexibility index (Phi) is 7.81. The number of fused-ring (bicyclic) bond motifs is 3. The lowest BCUT2D eigenvalue weighted by Crippen LogP contribution is -2.52. The number of hydrogen-bond acceptors (Lipinski definition) is 6. The van der Waals surface area contributed by atoms with Crippen LogP contribution in [-0.2, 0) is 15.0 Å². The highest BCUT2D eigenvalue weighted by molar-refractivity contribution is 6.31. The molecule has 0 radical (unpaired) electrons. The number of anilines is 2. The zero-order chi connectivity index (χ0) is 31.6. The lowest BCUT2D eigenvalue weighted by Gasteiger charge is -2.40. The molecule has 0 bridgehead atoms. The lowest BCUT2D eigenvalue weighted by atomic mass is 9.62. The number of nitrogens with one attached hydrogen (secondary N) is 1. The molecule has 4 unspecified atom stereocenters. The Morgan fingerprint density at radius 3 is 2.59 bits per heavy atom. The second-order valence-electron chi connectivity index (χ2n) is 12.7. The summed E-state index contributed by atoms with van der Waals surface area (Å²) in [4.78, 5) is 32.8. The molecule has 3 aromatic rings. The van der Waals surface area contributed by atoms with Gasteiger partial charge in [-0.05, 0) is 53.3 Å². The molecule has 2 fully saturated rings. The Labute approximate surface area is 265 Å². The topological polar surface area (TPSA) is 91.3 Å². The van der Waals surface area contributed by atoms with Gasteiger partial charge in [0.05, 0.1) is 37.1 Å². The molecule has 2 amide bonds. The summed E-state index contributed by atoms with van der Waals surface area (Å²) in [5.74, 6) is -1.27. The van der Waals surface area contributed by atoms with Gasteiger partial charge in [0.2, 0.25) is 11.8 Å². The SMILES string of the molecule is COc1cc(OCCO)ccc1N1CN2C(C1=O)C(c1cccc(Cl)c1F)C1(C(=O)Nc3cc(Cl)ccc31)C2CC(C)(C)C. The molecule has 8 nitrogen and oxygen atoms in total. The van der Waals surface area contributed by atoms with Crippen molar-refractivity contribution < 1.29 is 28.6 Å². The van der Waals surface area contributed by atoms with Crippen LogP contribution in [0.3, 0.4) is 0 Å². The van der Waals surface area contributed by atoms with Crippen LogP contribution < -0.4 is 19.7 Å². The Bertz CT molecular complexity index is 1650. The molecule has 3 aliphatic heterocycles. The van der Waals surface area contributed by atoms with E-state index >= 15 is 4.39 Å². The Morgan fingerprint density at radius 2 is 1.89 bits per heavy atom. The van der Waals surface area contributed by atoms with Gasteiger partial charge in [-0.25, -0.2) is 4.39 Å². The van der Waals surface area contributed by atoms with Crippen LogP contribution in [0.2, 0.25) is 10.0 Å². The molecule has 232 valence electrons. The van der Waals surface area contributed by atoms with E-state index in [1.54, 1.807) is 47.4 Å². The van der Waals surface area contributed by atoms with E-state index in [0.29, 0.717) is 39.9 Å². The monoisotopic (exact) mass is 641 g/mol. The molecule has 1 spiro atoms. The summed E-state index contributed by atoms with van der Waals surface area (Å²) in [6.45, 7) is 6.37. The number of carbonyl (C=O) groups is 2. The van der Waals surface area contributed by atoms with Gasteiger partial charge in [0.15, 0.2) is 0 Å². The molecule has 3 aliphatic rings. The van der Waals surface area contributed by atoms with Crippen molar-refractivity contribution in [3.8, 4) is 11.5 Å². The maximum Gasteiger partial charge on any atom is 0.246 e. The smallest absolute Gasteiger partial charge is 0.246 e. The minimum atomic E-state index is -1.31. The molecule has 2 N–H and O–H groups in total. The number of nitrogens with zero attached hydrogens (tertiary/aromatic N) is 2. The average Bonchev–Trinajstić information content (AvgIpc) is 3.55. The van der Waals surface area contributed by atoms with Crippen LogP contribution in [-0.4, -0.2) is 60.9 Å². The summed E-state index contributed by atoms with van der Waals surface area (Å²) in [5, 5.41) is 12.6. The van der Waals surface area contributed by atoms with Crippen molar-refractivity contribution in [2.24, 2.45) is 5.41 Å². The third-order valence-corrected chi connectivity index (χ3v) is 9.42. The van der Waals surface area contributed by atoms with E-state index in [4.69, 9.17) is 37.8 Å². The van der Waals surface area contributed by atoms with E-state index in [1.165, 1.54) is 13.2 Å². The highest BCUT2D eigenvalue weighted by atomic mass is 35.5. The summed E-state index contributed by atoms with van der Waals surface area (Å²) < 4.78 is 27.3. The number of ether oxygens (including phenoxy) is 2. The summed E-state index contributed by atoms with van der Waals surface area (Å²) in [5.41, 5.74) is 0.384. The number of aliphatic hydroxyl groups excluding tert-OH is 1. The zero-order valence-corrected chi connectivity index (χ0v) is 26.4. The molecular weight excluding hydrogens is 608 g/mol. The van der Waals surface area contributed by atoms with Gasteiger partial charge < -0.3 is 19.9 Å². The van der Waals surface area contributed by atoms with Gasteiger partial charge in [-0.2, -0.15) is 0 Å². The minimum Gasteiger partial charge on any atom is -0.494 e. The summed E-state index contributed by atoms with van der Waals surface area (Å²) >= 11 is 12.7. The van der Waals surface area contributed by atoms with E-state index < -0.39 is 29.2 Å². The fourth-order valence-electron chi connectivity index (χ4n) is 7.30. The van der Waals surface area contributed by atoms with Crippen molar-refractivity contribution in [1.82, 2.24) is 4.90 Å². The number of amides is 2. The number of carbonyl (C=O) groups excluding carboxylic acids is 2. The summed E-state index contributed by atoms with van der Waals surface area (Å²) in [7, 11) is 1.50. The first-order valence-electron chi connectivity index (χ1n) is 14.5. The quantitative estimate of drug-likeness (QED) is 0.330. The van der Waals surface area contributed by atoms with Crippen LogP contribution >= 0.6 is 23.2 Å². The highest BCUT2D eigenvalue weighted by Gasteiger charge is 2.71. The standard InChI is InChI=1S/C33H34Cl2FN3O5/c1-32(2,3)16-26-33(21-10-8-18(34)14-23(21)37-31(33)42)27(20-6-5-7-22(35)28(20)36)29-30(41)38(17-39(26)29)24-11-9-19(44-13-12-40)15-25(24)43-4/h5-11,14-15,26-27,29,40H,12-13,16-17H2,1-4H3,(H,37,42). The molecule has 6 rings (SSSR count). The molecule has 3 aromatic carbocycles. The van der Waals surface area contributed by atoms with Gasteiger partial charge in [-0.15, -0.1) is 0 Å². The molecule has 2 saturated heterocycles. The van der Waals surface area contributed by atoms with Gasteiger partial charge in [0.25, 0.3) is 0 Å². The third kappa shape index (κ3) is 4.72. The predicted molar refractivity (Wildman–Crippen MR) is 167 cm³/mol. The van der Waals surface area contributed by atoms with E-state index in [0.717, 1.165) is 0 Å².